The van der Waals surface area contributed by atoms with Crippen molar-refractivity contribution >= 4 is 37.8 Å². The third kappa shape index (κ3) is 4.24. The quantitative estimate of drug-likeness (QED) is 0.301. The monoisotopic (exact) mass is 528 g/mol. The van der Waals surface area contributed by atoms with Crippen LogP contribution >= 0.6 is 31.9 Å². The molecule has 0 saturated carbocycles. The summed E-state index contributed by atoms with van der Waals surface area (Å²) in [5, 5.41) is 0. The molecule has 148 valence electrons. The smallest absolute Gasteiger partial charge is 0.334 e. The lowest BCUT2D eigenvalue weighted by atomic mass is 9.78. The summed E-state index contributed by atoms with van der Waals surface area (Å²) < 4.78 is 7.34. The lowest BCUT2D eigenvalue weighted by Crippen LogP contribution is -2.37. The van der Waals surface area contributed by atoms with Gasteiger partial charge in [-0.3, -0.25) is 0 Å². The molecule has 2 aromatic rings. The van der Waals surface area contributed by atoms with Gasteiger partial charge in [-0.25, -0.2) is 4.79 Å². The van der Waals surface area contributed by atoms with E-state index in [0.29, 0.717) is 11.1 Å². The zero-order valence-corrected chi connectivity index (χ0v) is 19.4. The van der Waals surface area contributed by atoms with E-state index in [4.69, 9.17) is 11.2 Å². The van der Waals surface area contributed by atoms with E-state index in [9.17, 15) is 4.79 Å². The third-order valence-electron chi connectivity index (χ3n) is 4.65. The van der Waals surface area contributed by atoms with E-state index in [1.54, 1.807) is 0 Å². The van der Waals surface area contributed by atoms with Gasteiger partial charge in [0.05, 0.1) is 0 Å². The van der Waals surface area contributed by atoms with Gasteiger partial charge in [0.15, 0.2) is 5.41 Å². The van der Waals surface area contributed by atoms with E-state index in [-0.39, 0.29) is 0 Å². The fourth-order valence-electron chi connectivity index (χ4n) is 3.33. The van der Waals surface area contributed by atoms with Crippen LogP contribution in [0.4, 0.5) is 0 Å². The molecule has 0 spiro atoms. The van der Waals surface area contributed by atoms with Crippen LogP contribution in [0, 0.1) is 47.9 Å². The molecule has 0 amide bonds. The SMILES string of the molecule is C#CC#CC#CC#CC1(C(=O)OC(C=C)C=C)c2cc(Br)ccc2-c2ccc(Br)cc21. The molecule has 0 unspecified atom stereocenters. The standard InChI is InChI=1S/C27H14Br2O2/c1-4-7-8-9-10-11-16-27(26(30)31-21(5-2)6-3)24-17-19(28)12-14-22(24)23-15-13-20(29)18-25(23)27/h1,5-6,12-15,17-18,21H,2-3H2. The van der Waals surface area contributed by atoms with E-state index >= 15 is 0 Å². The molecule has 0 N–H and O–H groups in total. The molecule has 2 nitrogen and oxygen atoms in total. The Morgan fingerprint density at radius 1 is 0.935 bits per heavy atom. The summed E-state index contributed by atoms with van der Waals surface area (Å²) in [4.78, 5) is 13.7. The van der Waals surface area contributed by atoms with E-state index < -0.39 is 17.5 Å². The van der Waals surface area contributed by atoms with Crippen molar-refractivity contribution in [1.82, 2.24) is 0 Å². The molecule has 0 fully saturated rings. The Labute approximate surface area is 199 Å². The van der Waals surface area contributed by atoms with Gasteiger partial charge in [-0.1, -0.05) is 63.1 Å². The highest BCUT2D eigenvalue weighted by atomic mass is 79.9. The minimum atomic E-state index is -1.39. The van der Waals surface area contributed by atoms with Crippen LogP contribution in [0.3, 0.4) is 0 Å². The van der Waals surface area contributed by atoms with Crippen LogP contribution in [0.2, 0.25) is 0 Å². The third-order valence-corrected chi connectivity index (χ3v) is 5.63. The van der Waals surface area contributed by atoms with Crippen molar-refractivity contribution in [1.29, 1.82) is 0 Å². The van der Waals surface area contributed by atoms with Crippen molar-refractivity contribution in [3.63, 3.8) is 0 Å². The average molecular weight is 530 g/mol. The summed E-state index contributed by atoms with van der Waals surface area (Å²) in [6.45, 7) is 7.40. The number of ether oxygens (including phenoxy) is 1. The Kier molecular flexibility index (Phi) is 6.90. The van der Waals surface area contributed by atoms with E-state index in [1.807, 2.05) is 36.4 Å². The zero-order valence-electron chi connectivity index (χ0n) is 16.3. The number of hydrogen-bond acceptors (Lipinski definition) is 2. The van der Waals surface area contributed by atoms with Gasteiger partial charge >= 0.3 is 5.97 Å². The molecule has 0 saturated heterocycles. The Morgan fingerprint density at radius 2 is 1.45 bits per heavy atom. The van der Waals surface area contributed by atoms with E-state index in [1.165, 1.54) is 12.2 Å². The van der Waals surface area contributed by atoms with Crippen LogP contribution in [-0.2, 0) is 14.9 Å². The number of rotatable bonds is 4. The maximum absolute atomic E-state index is 13.7. The Bertz CT molecular complexity index is 1270. The zero-order chi connectivity index (χ0) is 22.4. The number of halogens is 2. The predicted molar refractivity (Wildman–Crippen MR) is 130 cm³/mol. The molecule has 0 bridgehead atoms. The normalized spacial score (nSPS) is 11.7. The van der Waals surface area contributed by atoms with Crippen molar-refractivity contribution in [2.45, 2.75) is 11.5 Å². The van der Waals surface area contributed by atoms with Crippen LogP contribution in [-0.4, -0.2) is 12.1 Å². The van der Waals surface area contributed by atoms with Crippen LogP contribution in [0.1, 0.15) is 11.1 Å². The first-order chi connectivity index (χ1) is 15.0. The number of benzene rings is 2. The summed E-state index contributed by atoms with van der Waals surface area (Å²) >= 11 is 7.01. The summed E-state index contributed by atoms with van der Waals surface area (Å²) in [6.07, 6.45) is 7.44. The van der Waals surface area contributed by atoms with Gasteiger partial charge in [-0.15, -0.1) is 6.42 Å². The molecular weight excluding hydrogens is 516 g/mol. The lowest BCUT2D eigenvalue weighted by molar-refractivity contribution is -0.148. The predicted octanol–water partition coefficient (Wildman–Crippen LogP) is 5.41. The molecule has 31 heavy (non-hydrogen) atoms. The maximum Gasteiger partial charge on any atom is 0.334 e. The first kappa shape index (κ1) is 22.3. The topological polar surface area (TPSA) is 26.3 Å². The number of carbonyl (C=O) groups excluding carboxylic acids is 1. The average Bonchev–Trinajstić information content (AvgIpc) is 3.03. The van der Waals surface area contributed by atoms with E-state index in [0.717, 1.165) is 20.1 Å². The molecule has 1 aliphatic rings. The fourth-order valence-corrected chi connectivity index (χ4v) is 4.06. The second-order valence-corrected chi connectivity index (χ2v) is 8.20. The van der Waals surface area contributed by atoms with Gasteiger partial charge in [0, 0.05) is 8.95 Å². The molecule has 0 aromatic heterocycles. The van der Waals surface area contributed by atoms with Gasteiger partial charge in [0.1, 0.15) is 6.10 Å². The number of carbonyl (C=O) groups is 1. The summed E-state index contributed by atoms with van der Waals surface area (Å²) in [6, 6.07) is 11.5. The lowest BCUT2D eigenvalue weighted by Gasteiger charge is -2.26. The molecule has 4 heteroatoms. The van der Waals surface area contributed by atoms with Crippen LogP contribution in [0.15, 0.2) is 70.7 Å². The number of hydrogen-bond donors (Lipinski definition) is 0. The molecular formula is C27H14Br2O2. The van der Waals surface area contributed by atoms with Gasteiger partial charge in [0.2, 0.25) is 0 Å². The van der Waals surface area contributed by atoms with Gasteiger partial charge < -0.3 is 4.74 Å². The molecule has 0 heterocycles. The highest BCUT2D eigenvalue weighted by molar-refractivity contribution is 9.10. The molecule has 0 aliphatic heterocycles. The Morgan fingerprint density at radius 3 is 1.97 bits per heavy atom. The summed E-state index contributed by atoms with van der Waals surface area (Å²) in [7, 11) is 0. The number of terminal acetylenes is 1. The van der Waals surface area contributed by atoms with Gasteiger partial charge in [-0.05, 0) is 94.2 Å². The first-order valence-electron chi connectivity index (χ1n) is 9.02. The second kappa shape index (κ2) is 9.60. The van der Waals surface area contributed by atoms with Crippen molar-refractivity contribution in [3.8, 4) is 59.0 Å². The number of fused-ring (bicyclic) bond motifs is 3. The largest absolute Gasteiger partial charge is 0.452 e. The number of esters is 1. The van der Waals surface area contributed by atoms with Crippen molar-refractivity contribution in [2.24, 2.45) is 0 Å². The molecule has 0 radical (unpaired) electrons. The second-order valence-electron chi connectivity index (χ2n) is 6.37. The summed E-state index contributed by atoms with van der Waals surface area (Å²) in [5.41, 5.74) is 1.81. The van der Waals surface area contributed by atoms with Crippen LogP contribution in [0.25, 0.3) is 11.1 Å². The van der Waals surface area contributed by atoms with Crippen molar-refractivity contribution < 1.29 is 9.53 Å². The van der Waals surface area contributed by atoms with Crippen molar-refractivity contribution in [2.75, 3.05) is 0 Å². The van der Waals surface area contributed by atoms with Crippen molar-refractivity contribution in [3.05, 3.63) is 81.8 Å². The highest BCUT2D eigenvalue weighted by Gasteiger charge is 2.50. The molecule has 1 aliphatic carbocycles. The Balaban J connectivity index is 2.32. The molecule has 3 rings (SSSR count). The Hall–Kier alpha value is -3.41. The first-order valence-corrected chi connectivity index (χ1v) is 10.6. The van der Waals surface area contributed by atoms with Gasteiger partial charge in [-0.2, -0.15) is 0 Å². The van der Waals surface area contributed by atoms with Crippen LogP contribution < -0.4 is 0 Å². The van der Waals surface area contributed by atoms with Crippen LogP contribution in [0.5, 0.6) is 0 Å². The van der Waals surface area contributed by atoms with E-state index in [2.05, 4.69) is 86.5 Å². The molecule has 2 aromatic carbocycles. The maximum atomic E-state index is 13.7. The molecule has 0 atom stereocenters. The minimum absolute atomic E-state index is 0.544. The fraction of sp³-hybridized carbons (Fsp3) is 0.0741. The highest BCUT2D eigenvalue weighted by Crippen LogP contribution is 2.51. The minimum Gasteiger partial charge on any atom is -0.452 e. The summed E-state index contributed by atoms with van der Waals surface area (Å²) in [5.74, 6) is 17.6. The van der Waals surface area contributed by atoms with Gasteiger partial charge in [0.25, 0.3) is 0 Å².